The van der Waals surface area contributed by atoms with Gasteiger partial charge in [0.2, 0.25) is 0 Å². The molecule has 4 aromatic rings. The summed E-state index contributed by atoms with van der Waals surface area (Å²) in [5.74, 6) is 0.602. The molecule has 0 amide bonds. The molecule has 1 aliphatic heterocycles. The van der Waals surface area contributed by atoms with Crippen molar-refractivity contribution in [1.82, 2.24) is 0 Å². The first-order chi connectivity index (χ1) is 20.8. The minimum atomic E-state index is -0.672. The van der Waals surface area contributed by atoms with Gasteiger partial charge in [-0.15, -0.1) is 0 Å². The highest BCUT2D eigenvalue weighted by Gasteiger charge is 2.40. The van der Waals surface area contributed by atoms with Crippen molar-refractivity contribution < 1.29 is 28.4 Å². The molecule has 1 heterocycles. The lowest BCUT2D eigenvalue weighted by molar-refractivity contribution is -0.200. The summed E-state index contributed by atoms with van der Waals surface area (Å²) in [6.45, 7) is 1.84. The van der Waals surface area contributed by atoms with Crippen LogP contribution < -0.4 is 0 Å². The standard InChI is InChI=1S/C36H38O6/c1-37-34-22-32(39-24-29-16-8-3-9-17-29)35(40-25-30-18-10-4-11-19-30)36(41-26-31-20-12-5-13-21-31)33(42-34)27-38-23-28-14-6-2-7-15-28/h2-22,33-36H,23-27H2,1H3/t33-,34+,35-,36-/m1/s1. The maximum Gasteiger partial charge on any atom is 0.180 e. The van der Waals surface area contributed by atoms with Gasteiger partial charge >= 0.3 is 0 Å². The van der Waals surface area contributed by atoms with E-state index >= 15 is 0 Å². The van der Waals surface area contributed by atoms with E-state index in [4.69, 9.17) is 28.4 Å². The van der Waals surface area contributed by atoms with Gasteiger partial charge in [0.15, 0.2) is 6.29 Å². The van der Waals surface area contributed by atoms with Crippen molar-refractivity contribution in [2.45, 2.75) is 51.0 Å². The number of hydrogen-bond acceptors (Lipinski definition) is 6. The molecule has 0 saturated carbocycles. The normalized spacial score (nSPS) is 20.5. The Labute approximate surface area is 248 Å². The summed E-state index contributed by atoms with van der Waals surface area (Å²) in [5, 5.41) is 0. The van der Waals surface area contributed by atoms with Crippen LogP contribution in [0.1, 0.15) is 22.3 Å². The van der Waals surface area contributed by atoms with E-state index in [-0.39, 0.29) is 6.61 Å². The average molecular weight is 567 g/mol. The van der Waals surface area contributed by atoms with Gasteiger partial charge in [0.1, 0.15) is 30.7 Å². The largest absolute Gasteiger partial charge is 0.491 e. The molecule has 4 aromatic carbocycles. The fourth-order valence-electron chi connectivity index (χ4n) is 4.77. The maximum atomic E-state index is 6.63. The first kappa shape index (κ1) is 29.7. The van der Waals surface area contributed by atoms with Crippen LogP contribution in [-0.2, 0) is 54.8 Å². The number of methoxy groups -OCH3 is 1. The van der Waals surface area contributed by atoms with E-state index in [2.05, 4.69) is 0 Å². The second-order valence-electron chi connectivity index (χ2n) is 10.1. The van der Waals surface area contributed by atoms with E-state index < -0.39 is 24.6 Å². The number of rotatable bonds is 14. The first-order valence-electron chi connectivity index (χ1n) is 14.3. The van der Waals surface area contributed by atoms with Crippen molar-refractivity contribution in [3.05, 3.63) is 155 Å². The van der Waals surface area contributed by atoms with Gasteiger partial charge in [-0.25, -0.2) is 0 Å². The van der Waals surface area contributed by atoms with Crippen LogP contribution in [0.5, 0.6) is 0 Å². The topological polar surface area (TPSA) is 55.4 Å². The Hall–Kier alpha value is -3.78. The summed E-state index contributed by atoms with van der Waals surface area (Å²) in [6.07, 6.45) is -0.462. The molecule has 0 aliphatic carbocycles. The highest BCUT2D eigenvalue weighted by atomic mass is 16.7. The molecular formula is C36H38O6. The molecule has 42 heavy (non-hydrogen) atoms. The molecule has 6 nitrogen and oxygen atoms in total. The lowest BCUT2D eigenvalue weighted by Gasteiger charge is -2.33. The van der Waals surface area contributed by atoms with E-state index in [1.165, 1.54) is 0 Å². The van der Waals surface area contributed by atoms with Gasteiger partial charge in [-0.1, -0.05) is 121 Å². The fraction of sp³-hybridized carbons (Fsp3) is 0.278. The molecule has 4 atom stereocenters. The first-order valence-corrected chi connectivity index (χ1v) is 14.3. The Kier molecular flexibility index (Phi) is 11.3. The number of benzene rings is 4. The van der Waals surface area contributed by atoms with E-state index in [0.29, 0.717) is 32.2 Å². The molecule has 0 N–H and O–H groups in total. The minimum Gasteiger partial charge on any atom is -0.491 e. The van der Waals surface area contributed by atoms with Crippen molar-refractivity contribution in [1.29, 1.82) is 0 Å². The van der Waals surface area contributed by atoms with E-state index in [1.54, 1.807) is 7.11 Å². The molecule has 218 valence electrons. The molecule has 0 radical (unpaired) electrons. The van der Waals surface area contributed by atoms with Crippen LogP contribution in [0.15, 0.2) is 133 Å². The maximum absolute atomic E-state index is 6.63. The van der Waals surface area contributed by atoms with Gasteiger partial charge in [-0.2, -0.15) is 0 Å². The molecular weight excluding hydrogens is 528 g/mol. The van der Waals surface area contributed by atoms with E-state index in [1.807, 2.05) is 127 Å². The van der Waals surface area contributed by atoms with Gasteiger partial charge in [0.05, 0.1) is 26.4 Å². The summed E-state index contributed by atoms with van der Waals surface area (Å²) < 4.78 is 38.1. The van der Waals surface area contributed by atoms with Crippen molar-refractivity contribution in [3.63, 3.8) is 0 Å². The van der Waals surface area contributed by atoms with Crippen LogP contribution in [0.4, 0.5) is 0 Å². The third kappa shape index (κ3) is 8.86. The SMILES string of the molecule is CO[C@@H]1C=C(OCc2ccccc2)[C@@H](OCc2ccccc2)[C@H](OCc2ccccc2)[C@@H](COCc2ccccc2)O1. The summed E-state index contributed by atoms with van der Waals surface area (Å²) in [4.78, 5) is 0. The quantitative estimate of drug-likeness (QED) is 0.167. The molecule has 5 rings (SSSR count). The third-order valence-corrected chi connectivity index (χ3v) is 6.99. The summed E-state index contributed by atoms with van der Waals surface area (Å²) >= 11 is 0. The lowest BCUT2D eigenvalue weighted by atomic mass is 10.1. The van der Waals surface area contributed by atoms with Crippen molar-refractivity contribution in [2.24, 2.45) is 0 Å². The van der Waals surface area contributed by atoms with Crippen molar-refractivity contribution in [3.8, 4) is 0 Å². The lowest BCUT2D eigenvalue weighted by Crippen LogP contribution is -2.45. The zero-order valence-corrected chi connectivity index (χ0v) is 23.9. The Bertz CT molecular complexity index is 1330. The molecule has 0 bridgehead atoms. The Morgan fingerprint density at radius 1 is 0.571 bits per heavy atom. The third-order valence-electron chi connectivity index (χ3n) is 6.99. The second kappa shape index (κ2) is 16.0. The average Bonchev–Trinajstić information content (AvgIpc) is 3.19. The molecule has 0 spiro atoms. The molecule has 0 unspecified atom stereocenters. The van der Waals surface area contributed by atoms with Gasteiger partial charge < -0.3 is 28.4 Å². The van der Waals surface area contributed by atoms with Gasteiger partial charge in [0, 0.05) is 13.2 Å². The fourth-order valence-corrected chi connectivity index (χ4v) is 4.77. The molecule has 0 saturated heterocycles. The van der Waals surface area contributed by atoms with Crippen LogP contribution in [-0.4, -0.2) is 38.3 Å². The predicted octanol–water partition coefficient (Wildman–Crippen LogP) is 6.85. The Morgan fingerprint density at radius 2 is 1.05 bits per heavy atom. The summed E-state index contributed by atoms with van der Waals surface area (Å²) in [5.41, 5.74) is 4.22. The Balaban J connectivity index is 1.42. The molecule has 0 aromatic heterocycles. The highest BCUT2D eigenvalue weighted by molar-refractivity contribution is 5.18. The summed E-state index contributed by atoms with van der Waals surface area (Å²) in [7, 11) is 1.61. The monoisotopic (exact) mass is 566 g/mol. The van der Waals surface area contributed by atoms with Crippen LogP contribution >= 0.6 is 0 Å². The van der Waals surface area contributed by atoms with Crippen LogP contribution in [0, 0.1) is 0 Å². The van der Waals surface area contributed by atoms with Gasteiger partial charge in [-0.3, -0.25) is 0 Å². The second-order valence-corrected chi connectivity index (χ2v) is 10.1. The van der Waals surface area contributed by atoms with Gasteiger partial charge in [-0.05, 0) is 22.3 Å². The zero-order valence-electron chi connectivity index (χ0n) is 23.9. The van der Waals surface area contributed by atoms with Crippen molar-refractivity contribution in [2.75, 3.05) is 13.7 Å². The van der Waals surface area contributed by atoms with Gasteiger partial charge in [0.25, 0.3) is 0 Å². The molecule has 0 fully saturated rings. The van der Waals surface area contributed by atoms with E-state index in [0.717, 1.165) is 22.3 Å². The number of ether oxygens (including phenoxy) is 6. The molecule has 6 heteroatoms. The van der Waals surface area contributed by atoms with Crippen LogP contribution in [0.2, 0.25) is 0 Å². The van der Waals surface area contributed by atoms with Crippen molar-refractivity contribution >= 4 is 0 Å². The smallest absolute Gasteiger partial charge is 0.180 e. The highest BCUT2D eigenvalue weighted by Crippen LogP contribution is 2.29. The zero-order chi connectivity index (χ0) is 28.8. The summed E-state index contributed by atoms with van der Waals surface area (Å²) in [6, 6.07) is 40.3. The Morgan fingerprint density at radius 3 is 1.57 bits per heavy atom. The predicted molar refractivity (Wildman–Crippen MR) is 161 cm³/mol. The number of hydrogen-bond donors (Lipinski definition) is 0. The van der Waals surface area contributed by atoms with Crippen LogP contribution in [0.25, 0.3) is 0 Å². The van der Waals surface area contributed by atoms with Crippen LogP contribution in [0.3, 0.4) is 0 Å². The van der Waals surface area contributed by atoms with E-state index in [9.17, 15) is 0 Å². The minimum absolute atomic E-state index is 0.277. The molecule has 1 aliphatic rings.